The van der Waals surface area contributed by atoms with Gasteiger partial charge in [0.25, 0.3) is 5.91 Å². The van der Waals surface area contributed by atoms with Crippen molar-refractivity contribution in [3.63, 3.8) is 0 Å². The van der Waals surface area contributed by atoms with Crippen molar-refractivity contribution in [2.24, 2.45) is 5.92 Å². The Balaban J connectivity index is 1.36. The summed E-state index contributed by atoms with van der Waals surface area (Å²) in [5, 5.41) is 2.96. The van der Waals surface area contributed by atoms with Gasteiger partial charge in [0.1, 0.15) is 20.2 Å². The molecule has 2 aromatic carbocycles. The summed E-state index contributed by atoms with van der Waals surface area (Å²) in [5.41, 5.74) is 6.13. The van der Waals surface area contributed by atoms with Gasteiger partial charge in [-0.3, -0.25) is 14.5 Å². The molecule has 7 heteroatoms. The van der Waals surface area contributed by atoms with E-state index in [1.807, 2.05) is 53.4 Å². The Morgan fingerprint density at radius 2 is 1.89 bits per heavy atom. The second kappa shape index (κ2) is 9.49. The lowest BCUT2D eigenvalue weighted by Gasteiger charge is -2.31. The van der Waals surface area contributed by atoms with Gasteiger partial charge in [0.2, 0.25) is 5.91 Å². The molecular weight excluding hydrogens is 478 g/mol. The second-order valence-corrected chi connectivity index (χ2v) is 16.4. The molecule has 0 aromatic heterocycles. The number of benzene rings is 2. The van der Waals surface area contributed by atoms with Crippen molar-refractivity contribution in [3.8, 4) is 11.5 Å². The van der Waals surface area contributed by atoms with Crippen molar-refractivity contribution in [2.75, 3.05) is 6.54 Å². The molecule has 3 aliphatic rings. The lowest BCUT2D eigenvalue weighted by atomic mass is 9.91. The van der Waals surface area contributed by atoms with Crippen molar-refractivity contribution in [3.05, 3.63) is 70.8 Å². The van der Waals surface area contributed by atoms with Gasteiger partial charge in [-0.25, -0.2) is 4.79 Å². The molecule has 0 bridgehead atoms. The van der Waals surface area contributed by atoms with E-state index in [2.05, 4.69) is 43.3 Å². The lowest BCUT2D eigenvalue weighted by Crippen LogP contribution is -2.47. The van der Waals surface area contributed by atoms with Crippen molar-refractivity contribution in [2.45, 2.75) is 70.4 Å². The zero-order chi connectivity index (χ0) is 26.4. The molecule has 6 nitrogen and oxygen atoms in total. The summed E-state index contributed by atoms with van der Waals surface area (Å²) < 4.78 is 0. The fraction of sp³-hybridized carbons (Fsp3) is 0.433. The first-order chi connectivity index (χ1) is 17.6. The normalized spacial score (nSPS) is 21.4. The minimum absolute atomic E-state index is 0.0605. The van der Waals surface area contributed by atoms with Gasteiger partial charge >= 0.3 is 6.03 Å². The Bertz CT molecular complexity index is 1300. The summed E-state index contributed by atoms with van der Waals surface area (Å²) >= 11 is 0. The minimum atomic E-state index is -1.50. The number of amides is 4. The summed E-state index contributed by atoms with van der Waals surface area (Å²) in [6.07, 6.45) is 3.39. The zero-order valence-corrected chi connectivity index (χ0v) is 23.1. The van der Waals surface area contributed by atoms with E-state index < -0.39 is 19.6 Å². The first-order valence-electron chi connectivity index (χ1n) is 13.2. The number of nitrogens with one attached hydrogen (secondary N) is 1. The first-order valence-corrected chi connectivity index (χ1v) is 16.7. The fourth-order valence-corrected chi connectivity index (χ4v) is 5.95. The number of hydrogen-bond donors (Lipinski definition) is 1. The first kappa shape index (κ1) is 25.3. The number of nitrogens with zero attached hydrogens (tertiary/aromatic N) is 2. The Hall–Kier alpha value is -3.37. The third-order valence-corrected chi connectivity index (χ3v) is 8.57. The molecule has 1 heterocycles. The number of carbonyl (C=O) groups excluding carboxylic acids is 3. The molecule has 2 fully saturated rings. The molecule has 2 atom stereocenters. The predicted molar refractivity (Wildman–Crippen MR) is 146 cm³/mol. The third-order valence-electron chi connectivity index (χ3n) is 7.70. The molecular formula is C30H35N3O3Si. The summed E-state index contributed by atoms with van der Waals surface area (Å²) in [4.78, 5) is 43.3. The molecule has 2 aliphatic carbocycles. The molecule has 1 aliphatic heterocycles. The summed E-state index contributed by atoms with van der Waals surface area (Å²) in [5.74, 6) is 3.23. The quantitative estimate of drug-likeness (QED) is 0.353. The van der Waals surface area contributed by atoms with Gasteiger partial charge in [0.15, 0.2) is 0 Å². The van der Waals surface area contributed by atoms with E-state index >= 15 is 0 Å². The van der Waals surface area contributed by atoms with Crippen LogP contribution in [-0.2, 0) is 28.1 Å². The van der Waals surface area contributed by atoms with Gasteiger partial charge in [-0.05, 0) is 67.3 Å². The highest BCUT2D eigenvalue weighted by atomic mass is 28.3. The summed E-state index contributed by atoms with van der Waals surface area (Å²) in [7, 11) is -1.50. The van der Waals surface area contributed by atoms with E-state index in [4.69, 9.17) is 0 Å². The van der Waals surface area contributed by atoms with Crippen LogP contribution < -0.4 is 5.32 Å². The average molecular weight is 514 g/mol. The fourth-order valence-electron chi connectivity index (χ4n) is 5.43. The van der Waals surface area contributed by atoms with Crippen molar-refractivity contribution in [1.82, 2.24) is 15.1 Å². The molecule has 0 radical (unpaired) electrons. The van der Waals surface area contributed by atoms with Crippen LogP contribution in [0.2, 0.25) is 19.6 Å². The standard InChI is InChI=1S/C30H35N3O3Si/c1-21(24-11-12-24)32(19-23-8-6-5-7-9-23)27(34)20-33-28(35)30(31-29(33)36)16-14-25-18-22(10-13-26(25)30)15-17-37(2,3)4/h5-10,13,18,21,24H,11-12,14,16,19-20H2,1-4H3,(H,31,36)/t21-,30?/m0/s1. The number of hydrogen-bond acceptors (Lipinski definition) is 3. The van der Waals surface area contributed by atoms with Crippen LogP contribution in [0.3, 0.4) is 0 Å². The van der Waals surface area contributed by atoms with Gasteiger partial charge in [0.05, 0.1) is 0 Å². The van der Waals surface area contributed by atoms with Gasteiger partial charge in [-0.1, -0.05) is 62.0 Å². The molecule has 1 unspecified atom stereocenters. The van der Waals surface area contributed by atoms with E-state index in [0.29, 0.717) is 25.3 Å². The SMILES string of the molecule is C[C@@H](C1CC1)N(Cc1ccccc1)C(=O)CN1C(=O)NC2(CCc3cc(C#C[Si](C)(C)C)ccc32)C1=O. The maximum Gasteiger partial charge on any atom is 0.325 e. The van der Waals surface area contributed by atoms with Gasteiger partial charge in [0, 0.05) is 18.2 Å². The second-order valence-electron chi connectivity index (χ2n) is 11.7. The van der Waals surface area contributed by atoms with E-state index in [9.17, 15) is 14.4 Å². The highest BCUT2D eigenvalue weighted by molar-refractivity contribution is 6.83. The number of aryl methyl sites for hydroxylation is 1. The Morgan fingerprint density at radius 3 is 2.57 bits per heavy atom. The highest BCUT2D eigenvalue weighted by Gasteiger charge is 2.56. The van der Waals surface area contributed by atoms with Crippen LogP contribution in [0, 0.1) is 17.4 Å². The number of rotatable bonds is 6. The van der Waals surface area contributed by atoms with Crippen LogP contribution in [0.15, 0.2) is 48.5 Å². The van der Waals surface area contributed by atoms with Gasteiger partial charge < -0.3 is 10.2 Å². The number of imide groups is 1. The Morgan fingerprint density at radius 1 is 1.16 bits per heavy atom. The smallest absolute Gasteiger partial charge is 0.325 e. The molecule has 1 saturated heterocycles. The molecule has 1 N–H and O–H groups in total. The van der Waals surface area contributed by atoms with Gasteiger partial charge in [-0.2, -0.15) is 0 Å². The number of fused-ring (bicyclic) bond motifs is 2. The lowest BCUT2D eigenvalue weighted by molar-refractivity contribution is -0.141. The number of carbonyl (C=O) groups is 3. The Kier molecular flexibility index (Phi) is 6.49. The van der Waals surface area contributed by atoms with Crippen LogP contribution in [0.5, 0.6) is 0 Å². The van der Waals surface area contributed by atoms with Gasteiger partial charge in [-0.15, -0.1) is 5.54 Å². The molecule has 192 valence electrons. The Labute approximate surface area is 220 Å². The molecule has 4 amide bonds. The van der Waals surface area contributed by atoms with Crippen LogP contribution in [0.25, 0.3) is 0 Å². The van der Waals surface area contributed by atoms with Crippen LogP contribution in [0.1, 0.15) is 48.4 Å². The highest BCUT2D eigenvalue weighted by Crippen LogP contribution is 2.42. The van der Waals surface area contributed by atoms with Crippen LogP contribution in [-0.4, -0.2) is 48.3 Å². The summed E-state index contributed by atoms with van der Waals surface area (Å²) in [6.45, 7) is 8.91. The number of urea groups is 1. The maximum atomic E-state index is 13.7. The molecule has 37 heavy (non-hydrogen) atoms. The van der Waals surface area contributed by atoms with Crippen LogP contribution >= 0.6 is 0 Å². The topological polar surface area (TPSA) is 69.7 Å². The van der Waals surface area contributed by atoms with E-state index in [-0.39, 0.29) is 24.4 Å². The maximum absolute atomic E-state index is 13.7. The largest absolute Gasteiger partial charge is 0.334 e. The third kappa shape index (κ3) is 5.08. The summed E-state index contributed by atoms with van der Waals surface area (Å²) in [6, 6.07) is 15.3. The minimum Gasteiger partial charge on any atom is -0.334 e. The zero-order valence-electron chi connectivity index (χ0n) is 22.1. The van der Waals surface area contributed by atoms with Crippen LogP contribution in [0.4, 0.5) is 4.79 Å². The molecule has 1 spiro atoms. The average Bonchev–Trinajstić information content (AvgIpc) is 3.62. The molecule has 1 saturated carbocycles. The monoisotopic (exact) mass is 513 g/mol. The molecule has 2 aromatic rings. The predicted octanol–water partition coefficient (Wildman–Crippen LogP) is 4.44. The molecule has 5 rings (SSSR count). The van der Waals surface area contributed by atoms with E-state index in [1.165, 1.54) is 0 Å². The van der Waals surface area contributed by atoms with E-state index in [1.54, 1.807) is 0 Å². The van der Waals surface area contributed by atoms with Crippen molar-refractivity contribution >= 4 is 25.9 Å². The van der Waals surface area contributed by atoms with E-state index in [0.717, 1.165) is 40.0 Å². The van der Waals surface area contributed by atoms with Crippen molar-refractivity contribution < 1.29 is 14.4 Å². The van der Waals surface area contributed by atoms with Crippen molar-refractivity contribution in [1.29, 1.82) is 0 Å².